The predicted octanol–water partition coefficient (Wildman–Crippen LogP) is 5.42. The van der Waals surface area contributed by atoms with E-state index in [0.29, 0.717) is 36.2 Å². The van der Waals surface area contributed by atoms with Crippen molar-refractivity contribution in [3.05, 3.63) is 0 Å². The summed E-state index contributed by atoms with van der Waals surface area (Å²) < 4.78 is 18.0. The Labute approximate surface area is 219 Å². The molecule has 5 saturated carbocycles. The van der Waals surface area contributed by atoms with Gasteiger partial charge in [-0.25, -0.2) is 0 Å². The van der Waals surface area contributed by atoms with Gasteiger partial charge in [-0.1, -0.05) is 27.7 Å². The quantitative estimate of drug-likeness (QED) is 0.358. The standard InChI is InChI=1S/C31H52O5/c1-18-13-22(18)19(2)14-27(33)31(17-36-31)25-10-9-23-21-8-7-20-16-30(34-5,35-6)12-11-28(20,3)24(21)15-26(32)29(23,25)4/h18-27,32-33H,7-17H2,1-6H3/t18-,19-,20?,21+,22-,23?,24?,25?,26-,27?,28+,29+,31+/m1/s1. The van der Waals surface area contributed by atoms with Gasteiger partial charge in [0.25, 0.3) is 0 Å². The topological polar surface area (TPSA) is 71.5 Å². The van der Waals surface area contributed by atoms with Gasteiger partial charge >= 0.3 is 0 Å². The van der Waals surface area contributed by atoms with Crippen LogP contribution in [0.1, 0.15) is 91.9 Å². The van der Waals surface area contributed by atoms with E-state index in [4.69, 9.17) is 14.2 Å². The Balaban J connectivity index is 1.22. The van der Waals surface area contributed by atoms with Crippen molar-refractivity contribution in [1.82, 2.24) is 0 Å². The maximum absolute atomic E-state index is 11.9. The highest BCUT2D eigenvalue weighted by atomic mass is 16.7. The Bertz CT molecular complexity index is 837. The van der Waals surface area contributed by atoms with Crippen molar-refractivity contribution in [2.24, 2.45) is 58.2 Å². The van der Waals surface area contributed by atoms with Crippen LogP contribution in [-0.2, 0) is 14.2 Å². The van der Waals surface area contributed by atoms with Crippen LogP contribution in [0.3, 0.4) is 0 Å². The Morgan fingerprint density at radius 1 is 1.00 bits per heavy atom. The van der Waals surface area contributed by atoms with E-state index >= 15 is 0 Å². The summed E-state index contributed by atoms with van der Waals surface area (Å²) in [7, 11) is 3.59. The Morgan fingerprint density at radius 2 is 1.69 bits per heavy atom. The molecule has 36 heavy (non-hydrogen) atoms. The minimum absolute atomic E-state index is 0.157. The van der Waals surface area contributed by atoms with Crippen molar-refractivity contribution < 1.29 is 24.4 Å². The molecule has 1 heterocycles. The third-order valence-corrected chi connectivity index (χ3v) is 13.6. The molecule has 0 spiro atoms. The number of methoxy groups -OCH3 is 2. The number of ether oxygens (including phenoxy) is 3. The largest absolute Gasteiger partial charge is 0.393 e. The lowest BCUT2D eigenvalue weighted by molar-refractivity contribution is -0.266. The summed E-state index contributed by atoms with van der Waals surface area (Å²) in [5, 5.41) is 23.5. The molecule has 13 atom stereocenters. The van der Waals surface area contributed by atoms with Crippen LogP contribution in [0, 0.1) is 58.2 Å². The molecule has 6 aliphatic rings. The summed E-state index contributed by atoms with van der Waals surface area (Å²) in [4.78, 5) is 0. The summed E-state index contributed by atoms with van der Waals surface area (Å²) >= 11 is 0. The van der Waals surface area contributed by atoms with E-state index in [9.17, 15) is 10.2 Å². The van der Waals surface area contributed by atoms with E-state index in [1.165, 1.54) is 25.7 Å². The summed E-state index contributed by atoms with van der Waals surface area (Å²) in [6.07, 6.45) is 10.1. The number of rotatable bonds is 7. The van der Waals surface area contributed by atoms with Gasteiger partial charge in [0.05, 0.1) is 18.8 Å². The Kier molecular flexibility index (Phi) is 6.26. The number of hydrogen-bond donors (Lipinski definition) is 2. The Morgan fingerprint density at radius 3 is 2.31 bits per heavy atom. The smallest absolute Gasteiger partial charge is 0.167 e. The molecule has 1 aliphatic heterocycles. The lowest BCUT2D eigenvalue weighted by Gasteiger charge is -2.63. The van der Waals surface area contributed by atoms with Gasteiger partial charge in [-0.15, -0.1) is 0 Å². The van der Waals surface area contributed by atoms with Gasteiger partial charge in [0.15, 0.2) is 5.79 Å². The van der Waals surface area contributed by atoms with Crippen molar-refractivity contribution in [3.63, 3.8) is 0 Å². The van der Waals surface area contributed by atoms with E-state index in [2.05, 4.69) is 27.7 Å². The van der Waals surface area contributed by atoms with E-state index in [1.54, 1.807) is 14.2 Å². The fraction of sp³-hybridized carbons (Fsp3) is 1.00. The van der Waals surface area contributed by atoms with Crippen molar-refractivity contribution in [2.75, 3.05) is 20.8 Å². The highest BCUT2D eigenvalue weighted by Crippen LogP contribution is 2.71. The first-order valence-corrected chi connectivity index (χ1v) is 15.1. The minimum Gasteiger partial charge on any atom is -0.393 e. The summed E-state index contributed by atoms with van der Waals surface area (Å²) in [6.45, 7) is 10.2. The highest BCUT2D eigenvalue weighted by molar-refractivity contribution is 5.19. The molecule has 0 radical (unpaired) electrons. The molecule has 0 aromatic rings. The molecule has 0 bridgehead atoms. The average Bonchev–Trinajstić information content (AvgIpc) is 3.77. The van der Waals surface area contributed by atoms with Crippen LogP contribution < -0.4 is 0 Å². The molecule has 0 aromatic carbocycles. The maximum atomic E-state index is 11.9. The third-order valence-electron chi connectivity index (χ3n) is 13.6. The van der Waals surface area contributed by atoms with Crippen LogP contribution in [0.15, 0.2) is 0 Å². The molecule has 5 unspecified atom stereocenters. The molecule has 0 aromatic heterocycles. The van der Waals surface area contributed by atoms with Gasteiger partial charge in [0.1, 0.15) is 5.60 Å². The first kappa shape index (κ1) is 26.0. The number of aliphatic hydroxyl groups is 2. The normalized spacial score (nSPS) is 54.7. The van der Waals surface area contributed by atoms with Crippen LogP contribution in [0.2, 0.25) is 0 Å². The second-order valence-electron chi connectivity index (χ2n) is 14.8. The van der Waals surface area contributed by atoms with E-state index in [0.717, 1.165) is 50.4 Å². The lowest BCUT2D eigenvalue weighted by atomic mass is 9.43. The molecule has 6 fully saturated rings. The average molecular weight is 505 g/mol. The zero-order chi connectivity index (χ0) is 25.7. The molecule has 206 valence electrons. The first-order valence-electron chi connectivity index (χ1n) is 15.1. The van der Waals surface area contributed by atoms with Crippen molar-refractivity contribution in [1.29, 1.82) is 0 Å². The van der Waals surface area contributed by atoms with Crippen LogP contribution in [0.5, 0.6) is 0 Å². The molecular formula is C31H52O5. The predicted molar refractivity (Wildman–Crippen MR) is 139 cm³/mol. The number of epoxide rings is 1. The Hall–Kier alpha value is -0.200. The fourth-order valence-corrected chi connectivity index (χ4v) is 11.0. The molecule has 5 aliphatic carbocycles. The molecule has 1 saturated heterocycles. The summed E-state index contributed by atoms with van der Waals surface area (Å²) in [5.74, 6) is 4.30. The second-order valence-corrected chi connectivity index (χ2v) is 14.8. The van der Waals surface area contributed by atoms with Crippen molar-refractivity contribution in [3.8, 4) is 0 Å². The summed E-state index contributed by atoms with van der Waals surface area (Å²) in [5.41, 5.74) is -0.338. The third kappa shape index (κ3) is 3.58. The van der Waals surface area contributed by atoms with Gasteiger partial charge in [-0.2, -0.15) is 0 Å². The number of hydrogen-bond acceptors (Lipinski definition) is 5. The highest BCUT2D eigenvalue weighted by Gasteiger charge is 2.71. The molecule has 2 N–H and O–H groups in total. The van der Waals surface area contributed by atoms with Gasteiger partial charge in [0, 0.05) is 38.4 Å². The molecule has 5 heteroatoms. The molecule has 6 rings (SSSR count). The van der Waals surface area contributed by atoms with Crippen LogP contribution in [0.25, 0.3) is 0 Å². The number of fused-ring (bicyclic) bond motifs is 5. The van der Waals surface area contributed by atoms with Gasteiger partial charge < -0.3 is 24.4 Å². The van der Waals surface area contributed by atoms with E-state index < -0.39 is 17.5 Å². The van der Waals surface area contributed by atoms with Crippen LogP contribution in [0.4, 0.5) is 0 Å². The van der Waals surface area contributed by atoms with Crippen LogP contribution >= 0.6 is 0 Å². The van der Waals surface area contributed by atoms with Gasteiger partial charge in [-0.05, 0) is 98.2 Å². The van der Waals surface area contributed by atoms with Gasteiger partial charge in [-0.3, -0.25) is 0 Å². The molecule has 5 nitrogen and oxygen atoms in total. The minimum atomic E-state index is -0.432. The zero-order valence-electron chi connectivity index (χ0n) is 23.7. The van der Waals surface area contributed by atoms with Crippen molar-refractivity contribution >= 4 is 0 Å². The zero-order valence-corrected chi connectivity index (χ0v) is 23.7. The molecule has 0 amide bonds. The van der Waals surface area contributed by atoms with E-state index in [1.807, 2.05) is 0 Å². The first-order chi connectivity index (χ1) is 17.0. The number of aliphatic hydroxyl groups excluding tert-OH is 2. The molecular weight excluding hydrogens is 452 g/mol. The monoisotopic (exact) mass is 504 g/mol. The van der Waals surface area contributed by atoms with Gasteiger partial charge in [0.2, 0.25) is 0 Å². The second kappa shape index (κ2) is 8.65. The SMILES string of the molecule is COC1(OC)CC[C@@]2(C)C(CC[C@@H]3C2C[C@@H](O)[C@@]2(C)C3CCC2[C@]2(C(O)C[C@@H](C)[C@@H]3C[C@H]3C)CO2)C1. The van der Waals surface area contributed by atoms with E-state index in [-0.39, 0.29) is 22.9 Å². The fourth-order valence-electron chi connectivity index (χ4n) is 11.0. The van der Waals surface area contributed by atoms with Crippen LogP contribution in [-0.4, -0.2) is 54.6 Å². The maximum Gasteiger partial charge on any atom is 0.167 e. The lowest BCUT2D eigenvalue weighted by Crippen LogP contribution is -2.61. The van der Waals surface area contributed by atoms with Crippen molar-refractivity contribution in [2.45, 2.75) is 115 Å². The summed E-state index contributed by atoms with van der Waals surface area (Å²) in [6, 6.07) is 0.